The van der Waals surface area contributed by atoms with Crippen molar-refractivity contribution in [2.75, 3.05) is 19.8 Å². The summed E-state index contributed by atoms with van der Waals surface area (Å²) in [4.78, 5) is 12.0. The minimum absolute atomic E-state index is 0.0301. The van der Waals surface area contributed by atoms with Gasteiger partial charge in [-0.25, -0.2) is 0 Å². The van der Waals surface area contributed by atoms with Gasteiger partial charge in [0.15, 0.2) is 0 Å². The van der Waals surface area contributed by atoms with Gasteiger partial charge in [0.1, 0.15) is 5.78 Å². The second kappa shape index (κ2) is 3.76. The molecular formula is C13H18O5. The number of carbonyl (C=O) groups is 1. The second-order valence-corrected chi connectivity index (χ2v) is 5.74. The Balaban J connectivity index is 1.77. The lowest BCUT2D eigenvalue weighted by Gasteiger charge is -2.50. The van der Waals surface area contributed by atoms with E-state index in [0.717, 1.165) is 6.42 Å². The van der Waals surface area contributed by atoms with Crippen LogP contribution in [0.15, 0.2) is 0 Å². The number of ketones is 1. The van der Waals surface area contributed by atoms with Crippen molar-refractivity contribution in [3.63, 3.8) is 0 Å². The highest BCUT2D eigenvalue weighted by molar-refractivity contribution is 5.82. The van der Waals surface area contributed by atoms with E-state index in [9.17, 15) is 4.79 Å². The SMILES string of the molecule is C[C@@H]1C(=O)CC[C@H]2[C@@H]1C1(OCCO1)[C@@H]1OC[C@H]2O1. The number of carbonyl (C=O) groups excluding carboxylic acids is 1. The molecule has 1 aliphatic carbocycles. The topological polar surface area (TPSA) is 54.0 Å². The van der Waals surface area contributed by atoms with E-state index in [1.165, 1.54) is 0 Å². The quantitative estimate of drug-likeness (QED) is 0.637. The fraction of sp³-hybridized carbons (Fsp3) is 0.923. The van der Waals surface area contributed by atoms with Crippen molar-refractivity contribution in [2.45, 2.75) is 37.9 Å². The second-order valence-electron chi connectivity index (χ2n) is 5.74. The van der Waals surface area contributed by atoms with Crippen LogP contribution in [0.3, 0.4) is 0 Å². The Hall–Kier alpha value is -0.490. The summed E-state index contributed by atoms with van der Waals surface area (Å²) >= 11 is 0. The Morgan fingerprint density at radius 2 is 2.06 bits per heavy atom. The molecule has 1 spiro atoms. The fourth-order valence-electron chi connectivity index (χ4n) is 4.14. The summed E-state index contributed by atoms with van der Waals surface area (Å²) in [5, 5.41) is 0. The zero-order valence-corrected chi connectivity index (χ0v) is 10.5. The van der Waals surface area contributed by atoms with Gasteiger partial charge >= 0.3 is 0 Å². The summed E-state index contributed by atoms with van der Waals surface area (Å²) in [5.74, 6) is -0.164. The van der Waals surface area contributed by atoms with Gasteiger partial charge < -0.3 is 18.9 Å². The van der Waals surface area contributed by atoms with E-state index in [-0.39, 0.29) is 17.9 Å². The van der Waals surface area contributed by atoms with E-state index in [1.54, 1.807) is 0 Å². The molecule has 4 fully saturated rings. The van der Waals surface area contributed by atoms with Crippen LogP contribution in [0.25, 0.3) is 0 Å². The van der Waals surface area contributed by atoms with Crippen LogP contribution in [0.1, 0.15) is 19.8 Å². The molecule has 2 bridgehead atoms. The molecule has 18 heavy (non-hydrogen) atoms. The van der Waals surface area contributed by atoms with Crippen LogP contribution in [0.4, 0.5) is 0 Å². The summed E-state index contributed by atoms with van der Waals surface area (Å²) in [6, 6.07) is 0. The molecule has 3 saturated heterocycles. The van der Waals surface area contributed by atoms with Gasteiger partial charge in [0.05, 0.1) is 25.9 Å². The molecule has 0 aromatic rings. The number of ether oxygens (including phenoxy) is 4. The van der Waals surface area contributed by atoms with E-state index < -0.39 is 12.1 Å². The van der Waals surface area contributed by atoms with E-state index >= 15 is 0 Å². The minimum atomic E-state index is -0.840. The molecule has 0 amide bonds. The number of hydrogen-bond acceptors (Lipinski definition) is 5. The van der Waals surface area contributed by atoms with Crippen molar-refractivity contribution in [2.24, 2.45) is 17.8 Å². The molecular weight excluding hydrogens is 236 g/mol. The maximum atomic E-state index is 12.0. The Morgan fingerprint density at radius 3 is 2.83 bits per heavy atom. The first-order valence-electron chi connectivity index (χ1n) is 6.80. The number of rotatable bonds is 0. The summed E-state index contributed by atoms with van der Waals surface area (Å²) in [6.07, 6.45) is 1.15. The maximum absolute atomic E-state index is 12.0. The third-order valence-electron chi connectivity index (χ3n) is 4.95. The molecule has 3 aliphatic heterocycles. The largest absolute Gasteiger partial charge is 0.345 e. The Bertz CT molecular complexity index is 376. The van der Waals surface area contributed by atoms with Crippen molar-refractivity contribution in [3.05, 3.63) is 0 Å². The van der Waals surface area contributed by atoms with Crippen molar-refractivity contribution >= 4 is 5.78 Å². The van der Waals surface area contributed by atoms with Crippen molar-refractivity contribution in [1.29, 1.82) is 0 Å². The molecule has 4 rings (SSSR count). The van der Waals surface area contributed by atoms with Gasteiger partial charge in [-0.05, 0) is 12.3 Å². The van der Waals surface area contributed by atoms with Gasteiger partial charge in [-0.15, -0.1) is 0 Å². The van der Waals surface area contributed by atoms with Gasteiger partial charge in [-0.1, -0.05) is 6.92 Å². The molecule has 100 valence electrons. The highest BCUT2D eigenvalue weighted by atomic mass is 16.8. The normalized spacial score (nSPS) is 49.6. The third-order valence-corrected chi connectivity index (χ3v) is 4.95. The molecule has 0 aromatic carbocycles. The summed E-state index contributed by atoms with van der Waals surface area (Å²) in [7, 11) is 0. The predicted molar refractivity (Wildman–Crippen MR) is 59.6 cm³/mol. The van der Waals surface area contributed by atoms with Gasteiger partial charge in [0, 0.05) is 18.3 Å². The molecule has 5 nitrogen and oxygen atoms in total. The Labute approximate surface area is 106 Å². The summed E-state index contributed by atoms with van der Waals surface area (Å²) < 4.78 is 23.4. The number of hydrogen-bond donors (Lipinski definition) is 0. The van der Waals surface area contributed by atoms with Crippen LogP contribution >= 0.6 is 0 Å². The van der Waals surface area contributed by atoms with Crippen LogP contribution in [-0.2, 0) is 23.7 Å². The van der Waals surface area contributed by atoms with Crippen molar-refractivity contribution in [3.8, 4) is 0 Å². The highest BCUT2D eigenvalue weighted by Crippen LogP contribution is 2.53. The molecule has 5 heteroatoms. The van der Waals surface area contributed by atoms with Crippen LogP contribution in [0.2, 0.25) is 0 Å². The lowest BCUT2D eigenvalue weighted by molar-refractivity contribution is -0.347. The highest BCUT2D eigenvalue weighted by Gasteiger charge is 2.66. The first-order valence-corrected chi connectivity index (χ1v) is 6.80. The molecule has 4 aliphatic rings. The fourth-order valence-corrected chi connectivity index (χ4v) is 4.14. The van der Waals surface area contributed by atoms with E-state index in [0.29, 0.717) is 37.9 Å². The van der Waals surface area contributed by atoms with E-state index in [2.05, 4.69) is 0 Å². The van der Waals surface area contributed by atoms with Crippen LogP contribution in [0.5, 0.6) is 0 Å². The minimum Gasteiger partial charge on any atom is -0.345 e. The van der Waals surface area contributed by atoms with E-state index in [1.807, 2.05) is 6.92 Å². The molecule has 3 heterocycles. The Morgan fingerprint density at radius 1 is 1.28 bits per heavy atom. The lowest BCUT2D eigenvalue weighted by atomic mass is 9.65. The zero-order chi connectivity index (χ0) is 12.3. The van der Waals surface area contributed by atoms with Gasteiger partial charge in [-0.2, -0.15) is 0 Å². The standard InChI is InChI=1S/C13H18O5/c1-7-9(14)3-2-8-10-6-15-12(18-10)13(11(7)8)16-4-5-17-13/h7-8,10-12H,2-6H2,1H3/t7-,8-,10-,11-,12-/m1/s1. The number of Topliss-reactive ketones (excluding diaryl/α,β-unsaturated/α-hetero) is 1. The molecule has 0 unspecified atom stereocenters. The summed E-state index contributed by atoms with van der Waals surface area (Å²) in [5.41, 5.74) is 0. The monoisotopic (exact) mass is 254 g/mol. The van der Waals surface area contributed by atoms with Crippen LogP contribution < -0.4 is 0 Å². The smallest absolute Gasteiger partial charge is 0.224 e. The van der Waals surface area contributed by atoms with Crippen LogP contribution in [-0.4, -0.2) is 43.8 Å². The third kappa shape index (κ3) is 1.28. The Kier molecular flexibility index (Phi) is 2.37. The van der Waals surface area contributed by atoms with Crippen LogP contribution in [0, 0.1) is 17.8 Å². The van der Waals surface area contributed by atoms with Gasteiger partial charge in [-0.3, -0.25) is 4.79 Å². The maximum Gasteiger partial charge on any atom is 0.224 e. The molecule has 0 radical (unpaired) electrons. The zero-order valence-electron chi connectivity index (χ0n) is 10.5. The van der Waals surface area contributed by atoms with Gasteiger partial charge in [0.25, 0.3) is 0 Å². The first-order chi connectivity index (χ1) is 8.72. The lowest BCUT2D eigenvalue weighted by Crippen LogP contribution is -2.62. The molecule has 5 atom stereocenters. The van der Waals surface area contributed by atoms with E-state index in [4.69, 9.17) is 18.9 Å². The summed E-state index contributed by atoms with van der Waals surface area (Å²) in [6.45, 7) is 3.70. The predicted octanol–water partition coefficient (Wildman–Crippen LogP) is 0.716. The van der Waals surface area contributed by atoms with Crippen molar-refractivity contribution in [1.82, 2.24) is 0 Å². The van der Waals surface area contributed by atoms with Gasteiger partial charge in [0.2, 0.25) is 12.1 Å². The molecule has 0 N–H and O–H groups in total. The van der Waals surface area contributed by atoms with Crippen molar-refractivity contribution < 1.29 is 23.7 Å². The average Bonchev–Trinajstić information content (AvgIpc) is 2.98. The average molecular weight is 254 g/mol. The molecule has 0 aromatic heterocycles. The first kappa shape index (κ1) is 11.3. The molecule has 1 saturated carbocycles. The number of fused-ring (bicyclic) bond motifs is 6.